The molecule has 0 bridgehead atoms. The Kier molecular flexibility index (Phi) is 2.85. The quantitative estimate of drug-likeness (QED) is 0.880. The Labute approximate surface area is 121 Å². The molecule has 2 aliphatic heterocycles. The van der Waals surface area contributed by atoms with Gasteiger partial charge >= 0.3 is 0 Å². The fourth-order valence-electron chi connectivity index (χ4n) is 2.33. The third-order valence-corrected chi connectivity index (χ3v) is 3.43. The molecule has 2 N–H and O–H groups in total. The molecule has 6 nitrogen and oxygen atoms in total. The van der Waals surface area contributed by atoms with E-state index < -0.39 is 0 Å². The molecule has 0 unspecified atom stereocenters. The van der Waals surface area contributed by atoms with Crippen LogP contribution in [-0.2, 0) is 13.1 Å². The van der Waals surface area contributed by atoms with E-state index in [1.807, 2.05) is 30.3 Å². The summed E-state index contributed by atoms with van der Waals surface area (Å²) in [4.78, 5) is 8.76. The Morgan fingerprint density at radius 2 is 2.14 bits per heavy atom. The van der Waals surface area contributed by atoms with Gasteiger partial charge in [-0.1, -0.05) is 12.1 Å². The zero-order chi connectivity index (χ0) is 14.1. The molecule has 0 spiro atoms. The van der Waals surface area contributed by atoms with E-state index in [1.165, 1.54) is 0 Å². The number of benzene rings is 1. The molecule has 106 valence electrons. The average molecular weight is 282 g/mol. The molecular formula is C15H14N4O2. The van der Waals surface area contributed by atoms with Crippen LogP contribution < -0.4 is 20.1 Å². The van der Waals surface area contributed by atoms with Crippen molar-refractivity contribution in [2.75, 3.05) is 12.1 Å². The van der Waals surface area contributed by atoms with Crippen LogP contribution in [-0.4, -0.2) is 17.7 Å². The lowest BCUT2D eigenvalue weighted by atomic mass is 10.2. The summed E-state index contributed by atoms with van der Waals surface area (Å²) >= 11 is 0. The number of aliphatic imine (C=N–C) groups is 1. The minimum Gasteiger partial charge on any atom is -0.454 e. The molecule has 1 aromatic heterocycles. The predicted molar refractivity (Wildman–Crippen MR) is 78.4 cm³/mol. The van der Waals surface area contributed by atoms with E-state index in [-0.39, 0.29) is 0 Å². The van der Waals surface area contributed by atoms with Crippen LogP contribution in [0.25, 0.3) is 0 Å². The summed E-state index contributed by atoms with van der Waals surface area (Å²) in [6.07, 6.45) is 1.77. The highest BCUT2D eigenvalue weighted by Crippen LogP contribution is 2.32. The molecular weight excluding hydrogens is 268 g/mol. The lowest BCUT2D eigenvalue weighted by molar-refractivity contribution is 0.174. The molecule has 3 heterocycles. The van der Waals surface area contributed by atoms with Gasteiger partial charge in [-0.05, 0) is 23.8 Å². The Bertz CT molecular complexity index is 715. The van der Waals surface area contributed by atoms with Crippen molar-refractivity contribution >= 4 is 11.8 Å². The van der Waals surface area contributed by atoms with E-state index in [1.54, 1.807) is 6.20 Å². The summed E-state index contributed by atoms with van der Waals surface area (Å²) in [6.45, 7) is 1.59. The number of aromatic nitrogens is 1. The van der Waals surface area contributed by atoms with Crippen LogP contribution in [0.15, 0.2) is 41.5 Å². The second kappa shape index (κ2) is 4.97. The van der Waals surface area contributed by atoms with Gasteiger partial charge in [-0.3, -0.25) is 0 Å². The van der Waals surface area contributed by atoms with Crippen molar-refractivity contribution < 1.29 is 9.47 Å². The van der Waals surface area contributed by atoms with E-state index in [2.05, 4.69) is 20.6 Å². The maximum absolute atomic E-state index is 5.37. The first-order chi connectivity index (χ1) is 10.4. The number of anilines is 1. The molecule has 0 atom stereocenters. The lowest BCUT2D eigenvalue weighted by Crippen LogP contribution is -2.33. The Morgan fingerprint density at radius 3 is 3.14 bits per heavy atom. The van der Waals surface area contributed by atoms with Gasteiger partial charge in [-0.25, -0.2) is 9.98 Å². The monoisotopic (exact) mass is 282 g/mol. The van der Waals surface area contributed by atoms with Gasteiger partial charge in [0, 0.05) is 18.3 Å². The third-order valence-electron chi connectivity index (χ3n) is 3.43. The van der Waals surface area contributed by atoms with E-state index in [9.17, 15) is 0 Å². The highest BCUT2D eigenvalue weighted by atomic mass is 16.7. The van der Waals surface area contributed by atoms with Gasteiger partial charge in [0.25, 0.3) is 0 Å². The minimum atomic E-state index is 0.295. The van der Waals surface area contributed by atoms with E-state index in [0.29, 0.717) is 19.9 Å². The second-order valence-electron chi connectivity index (χ2n) is 4.84. The molecule has 0 saturated heterocycles. The van der Waals surface area contributed by atoms with Crippen LogP contribution in [0.5, 0.6) is 11.5 Å². The third kappa shape index (κ3) is 2.35. The molecule has 0 amide bonds. The largest absolute Gasteiger partial charge is 0.454 e. The summed E-state index contributed by atoms with van der Waals surface area (Å²) in [7, 11) is 0. The molecule has 1 aromatic carbocycles. The fourth-order valence-corrected chi connectivity index (χ4v) is 2.33. The summed E-state index contributed by atoms with van der Waals surface area (Å²) in [5.74, 6) is 3.18. The topological polar surface area (TPSA) is 67.8 Å². The minimum absolute atomic E-state index is 0.295. The van der Waals surface area contributed by atoms with Crippen molar-refractivity contribution in [1.29, 1.82) is 0 Å². The van der Waals surface area contributed by atoms with Crippen molar-refractivity contribution in [2.45, 2.75) is 13.1 Å². The van der Waals surface area contributed by atoms with Crippen molar-refractivity contribution in [1.82, 2.24) is 10.3 Å². The summed E-state index contributed by atoms with van der Waals surface area (Å²) < 4.78 is 10.7. The predicted octanol–water partition coefficient (Wildman–Crippen LogP) is 1.88. The number of nitrogens with zero attached hydrogens (tertiary/aromatic N) is 2. The van der Waals surface area contributed by atoms with Crippen molar-refractivity contribution in [2.24, 2.45) is 4.99 Å². The molecule has 4 rings (SSSR count). The average Bonchev–Trinajstić information content (AvgIpc) is 3.00. The van der Waals surface area contributed by atoms with Gasteiger partial charge in [-0.15, -0.1) is 0 Å². The van der Waals surface area contributed by atoms with Crippen LogP contribution in [0.2, 0.25) is 0 Å². The normalized spacial score (nSPS) is 15.0. The van der Waals surface area contributed by atoms with Gasteiger partial charge in [-0.2, -0.15) is 0 Å². The number of guanidine groups is 1. The van der Waals surface area contributed by atoms with Crippen LogP contribution in [0.1, 0.15) is 11.1 Å². The first kappa shape index (κ1) is 12.0. The number of pyridine rings is 1. The van der Waals surface area contributed by atoms with Crippen molar-refractivity contribution in [3.8, 4) is 11.5 Å². The highest BCUT2D eigenvalue weighted by molar-refractivity contribution is 5.94. The van der Waals surface area contributed by atoms with Gasteiger partial charge in [0.1, 0.15) is 5.82 Å². The molecule has 2 aliphatic rings. The first-order valence-electron chi connectivity index (χ1n) is 6.76. The Balaban J connectivity index is 1.43. The number of rotatable bonds is 2. The Morgan fingerprint density at radius 1 is 1.19 bits per heavy atom. The van der Waals surface area contributed by atoms with Gasteiger partial charge < -0.3 is 20.1 Å². The van der Waals surface area contributed by atoms with Gasteiger partial charge in [0.05, 0.1) is 6.54 Å². The summed E-state index contributed by atoms with van der Waals surface area (Å²) in [5.41, 5.74) is 2.21. The number of nitrogens with one attached hydrogen (secondary N) is 2. The number of hydrogen-bond acceptors (Lipinski definition) is 6. The molecule has 6 heteroatoms. The van der Waals surface area contributed by atoms with E-state index >= 15 is 0 Å². The smallest absolute Gasteiger partial charge is 0.231 e. The molecule has 0 saturated carbocycles. The molecule has 21 heavy (non-hydrogen) atoms. The molecule has 0 radical (unpaired) electrons. The maximum atomic E-state index is 5.37. The molecule has 2 aromatic rings. The van der Waals surface area contributed by atoms with Crippen LogP contribution >= 0.6 is 0 Å². The first-order valence-corrected chi connectivity index (χ1v) is 6.76. The number of ether oxygens (including phenoxy) is 2. The van der Waals surface area contributed by atoms with Crippen LogP contribution in [0.4, 0.5) is 5.82 Å². The highest BCUT2D eigenvalue weighted by Gasteiger charge is 2.14. The zero-order valence-electron chi connectivity index (χ0n) is 11.3. The summed E-state index contributed by atoms with van der Waals surface area (Å²) in [6, 6.07) is 9.85. The molecule has 0 aliphatic carbocycles. The summed E-state index contributed by atoms with van der Waals surface area (Å²) in [5, 5.41) is 6.46. The SMILES string of the molecule is c1cnc2c(c1)CN=C(NCc1ccc3c(c1)OCO3)N2. The maximum Gasteiger partial charge on any atom is 0.231 e. The second-order valence-corrected chi connectivity index (χ2v) is 4.84. The van der Waals surface area contributed by atoms with Crippen LogP contribution in [0, 0.1) is 0 Å². The zero-order valence-corrected chi connectivity index (χ0v) is 11.3. The standard InChI is InChI=1S/C15H14N4O2/c1-2-11-8-18-15(19-14(11)16-5-1)17-7-10-3-4-12-13(6-10)21-9-20-12/h1-6H,7-9H2,(H2,16,17,18,19). The van der Waals surface area contributed by atoms with Crippen molar-refractivity contribution in [3.05, 3.63) is 47.7 Å². The number of hydrogen-bond donors (Lipinski definition) is 2. The number of fused-ring (bicyclic) bond motifs is 2. The Hall–Kier alpha value is -2.76. The van der Waals surface area contributed by atoms with E-state index in [4.69, 9.17) is 9.47 Å². The van der Waals surface area contributed by atoms with Crippen molar-refractivity contribution in [3.63, 3.8) is 0 Å². The lowest BCUT2D eigenvalue weighted by Gasteiger charge is -2.18. The van der Waals surface area contributed by atoms with Crippen LogP contribution in [0.3, 0.4) is 0 Å². The fraction of sp³-hybridized carbons (Fsp3) is 0.200. The van der Waals surface area contributed by atoms with E-state index in [0.717, 1.165) is 34.4 Å². The van der Waals surface area contributed by atoms with Gasteiger partial charge in [0.15, 0.2) is 17.5 Å². The van der Waals surface area contributed by atoms with Gasteiger partial charge in [0.2, 0.25) is 6.79 Å². The molecule has 0 fully saturated rings.